The van der Waals surface area contributed by atoms with Crippen molar-refractivity contribution in [2.24, 2.45) is 5.73 Å². The summed E-state index contributed by atoms with van der Waals surface area (Å²) in [7, 11) is 1.24. The molecule has 0 bridgehead atoms. The molecule has 40 heavy (non-hydrogen) atoms. The molecule has 0 amide bonds. The minimum absolute atomic E-state index is 0.0508. The second-order valence-corrected chi connectivity index (χ2v) is 9.98. The van der Waals surface area contributed by atoms with Crippen LogP contribution >= 0.6 is 0 Å². The zero-order chi connectivity index (χ0) is 28.6. The first-order valence-corrected chi connectivity index (χ1v) is 13.2. The molecule has 12 heteroatoms. The molecule has 1 aliphatic heterocycles. The molecule has 1 aromatic carbocycles. The Kier molecular flexibility index (Phi) is 7.40. The van der Waals surface area contributed by atoms with Gasteiger partial charge >= 0.3 is 11.7 Å². The van der Waals surface area contributed by atoms with Crippen LogP contribution in [0.5, 0.6) is 0 Å². The Morgan fingerprint density at radius 1 is 1.15 bits per heavy atom. The predicted molar refractivity (Wildman–Crippen MR) is 151 cm³/mol. The molecule has 12 nitrogen and oxygen atoms in total. The van der Waals surface area contributed by atoms with E-state index in [4.69, 9.17) is 15.5 Å². The molecule has 4 aromatic rings. The van der Waals surface area contributed by atoms with Crippen molar-refractivity contribution < 1.29 is 9.53 Å². The number of carbonyl (C=O) groups is 1. The molecule has 1 unspecified atom stereocenters. The summed E-state index contributed by atoms with van der Waals surface area (Å²) in [4.78, 5) is 56.2. The van der Waals surface area contributed by atoms with Crippen LogP contribution < -0.4 is 21.9 Å². The lowest BCUT2D eigenvalue weighted by atomic mass is 10.1. The molecule has 0 aliphatic carbocycles. The number of benzene rings is 1. The van der Waals surface area contributed by atoms with E-state index in [2.05, 4.69) is 21.8 Å². The molecule has 208 valence electrons. The van der Waals surface area contributed by atoms with Gasteiger partial charge in [-0.1, -0.05) is 18.1 Å². The number of hydrogen-bond donors (Lipinski definition) is 1. The van der Waals surface area contributed by atoms with Gasteiger partial charge < -0.3 is 15.4 Å². The molecule has 1 fully saturated rings. The van der Waals surface area contributed by atoms with Gasteiger partial charge in [0.25, 0.3) is 5.56 Å². The van der Waals surface area contributed by atoms with E-state index in [1.807, 2.05) is 36.9 Å². The summed E-state index contributed by atoms with van der Waals surface area (Å²) in [6.07, 6.45) is 1.75. The maximum absolute atomic E-state index is 14.0. The van der Waals surface area contributed by atoms with Crippen LogP contribution in [0.4, 0.5) is 5.95 Å². The fourth-order valence-corrected chi connectivity index (χ4v) is 5.34. The Morgan fingerprint density at radius 3 is 2.67 bits per heavy atom. The van der Waals surface area contributed by atoms with E-state index in [0.29, 0.717) is 24.9 Å². The molecule has 0 spiro atoms. The molecule has 3 aromatic heterocycles. The van der Waals surface area contributed by atoms with Crippen LogP contribution in [-0.2, 0) is 29.2 Å². The van der Waals surface area contributed by atoms with Crippen molar-refractivity contribution in [3.63, 3.8) is 0 Å². The smallest absolute Gasteiger partial charge is 0.333 e. The third kappa shape index (κ3) is 4.84. The summed E-state index contributed by atoms with van der Waals surface area (Å²) in [5.41, 5.74) is 7.72. The summed E-state index contributed by atoms with van der Waals surface area (Å²) in [6, 6.07) is 5.70. The number of ether oxygens (including phenoxy) is 1. The molecular weight excluding hydrogens is 512 g/mol. The summed E-state index contributed by atoms with van der Waals surface area (Å²) in [5, 5.41) is 0.928. The Balaban J connectivity index is 1.75. The molecule has 1 atom stereocenters. The van der Waals surface area contributed by atoms with E-state index in [1.165, 1.54) is 11.7 Å². The van der Waals surface area contributed by atoms with Gasteiger partial charge in [-0.25, -0.2) is 14.8 Å². The highest BCUT2D eigenvalue weighted by atomic mass is 16.5. The van der Waals surface area contributed by atoms with E-state index in [0.717, 1.165) is 39.6 Å². The van der Waals surface area contributed by atoms with Gasteiger partial charge in [0, 0.05) is 30.2 Å². The maximum Gasteiger partial charge on any atom is 0.333 e. The third-order valence-corrected chi connectivity index (χ3v) is 7.22. The van der Waals surface area contributed by atoms with Crippen molar-refractivity contribution in [2.75, 3.05) is 25.1 Å². The number of methoxy groups -OCH3 is 1. The summed E-state index contributed by atoms with van der Waals surface area (Å²) < 4.78 is 8.78. The monoisotopic (exact) mass is 544 g/mol. The first kappa shape index (κ1) is 27.1. The SMILES string of the molecule is CC#CCn1c(N2CCCC(N)C2)nc2c1c(=O)n(Cc1nc(C)c3c(C)cccc3n1)c(=O)n2CC(=O)OC. The predicted octanol–water partition coefficient (Wildman–Crippen LogP) is 1.09. The van der Waals surface area contributed by atoms with Crippen LogP contribution in [0.15, 0.2) is 27.8 Å². The fourth-order valence-electron chi connectivity index (χ4n) is 5.34. The van der Waals surface area contributed by atoms with Crippen LogP contribution in [0.25, 0.3) is 22.1 Å². The van der Waals surface area contributed by atoms with E-state index in [1.54, 1.807) is 11.5 Å². The van der Waals surface area contributed by atoms with E-state index in [-0.39, 0.29) is 30.3 Å². The lowest BCUT2D eigenvalue weighted by Gasteiger charge is -2.31. The van der Waals surface area contributed by atoms with Gasteiger partial charge in [-0.2, -0.15) is 4.98 Å². The van der Waals surface area contributed by atoms with Crippen molar-refractivity contribution in [1.29, 1.82) is 0 Å². The van der Waals surface area contributed by atoms with Crippen LogP contribution in [0.3, 0.4) is 0 Å². The maximum atomic E-state index is 14.0. The summed E-state index contributed by atoms with van der Waals surface area (Å²) in [6.45, 7) is 6.36. The number of hydrogen-bond acceptors (Lipinski definition) is 9. The average molecular weight is 545 g/mol. The van der Waals surface area contributed by atoms with Crippen LogP contribution in [-0.4, -0.2) is 60.9 Å². The molecule has 1 aliphatic rings. The molecule has 2 N–H and O–H groups in total. The highest BCUT2D eigenvalue weighted by Crippen LogP contribution is 2.24. The van der Waals surface area contributed by atoms with E-state index in [9.17, 15) is 14.4 Å². The van der Waals surface area contributed by atoms with Crippen LogP contribution in [0, 0.1) is 25.7 Å². The second-order valence-electron chi connectivity index (χ2n) is 9.98. The number of imidazole rings is 1. The molecule has 0 radical (unpaired) electrons. The first-order valence-electron chi connectivity index (χ1n) is 13.2. The number of rotatable bonds is 6. The first-order chi connectivity index (χ1) is 19.2. The molecule has 0 saturated carbocycles. The Hall–Kier alpha value is -4.50. The van der Waals surface area contributed by atoms with E-state index < -0.39 is 23.8 Å². The molecular formula is C28H32N8O4. The summed E-state index contributed by atoms with van der Waals surface area (Å²) in [5.74, 6) is 6.02. The van der Waals surface area contributed by atoms with Crippen LogP contribution in [0.2, 0.25) is 0 Å². The van der Waals surface area contributed by atoms with Gasteiger partial charge in [0.05, 0.1) is 25.7 Å². The lowest BCUT2D eigenvalue weighted by Crippen LogP contribution is -2.44. The number of esters is 1. The highest BCUT2D eigenvalue weighted by Gasteiger charge is 2.28. The number of nitrogens with zero attached hydrogens (tertiary/aromatic N) is 7. The molecule has 5 rings (SSSR count). The van der Waals surface area contributed by atoms with Gasteiger partial charge in [-0.15, -0.1) is 5.92 Å². The van der Waals surface area contributed by atoms with Crippen molar-refractivity contribution in [2.45, 2.75) is 59.3 Å². The second kappa shape index (κ2) is 10.9. The van der Waals surface area contributed by atoms with Crippen LogP contribution in [0.1, 0.15) is 36.8 Å². The zero-order valence-corrected chi connectivity index (χ0v) is 23.1. The van der Waals surface area contributed by atoms with Gasteiger partial charge in [0.1, 0.15) is 12.4 Å². The fraction of sp³-hybridized carbons (Fsp3) is 0.429. The minimum atomic E-state index is -0.707. The number of anilines is 1. The normalized spacial score (nSPS) is 15.3. The number of aromatic nitrogens is 6. The molecule has 1 saturated heterocycles. The van der Waals surface area contributed by atoms with E-state index >= 15 is 0 Å². The minimum Gasteiger partial charge on any atom is -0.468 e. The number of fused-ring (bicyclic) bond motifs is 2. The number of piperidine rings is 1. The third-order valence-electron chi connectivity index (χ3n) is 7.22. The Labute approximate surface area is 230 Å². The molecule has 4 heterocycles. The zero-order valence-electron chi connectivity index (χ0n) is 23.1. The average Bonchev–Trinajstić information content (AvgIpc) is 3.31. The number of nitrogens with two attached hydrogens (primary N) is 1. The van der Waals surface area contributed by atoms with Crippen molar-refractivity contribution in [3.05, 3.63) is 56.1 Å². The van der Waals surface area contributed by atoms with Crippen molar-refractivity contribution >= 4 is 34.0 Å². The Morgan fingerprint density at radius 2 is 1.95 bits per heavy atom. The lowest BCUT2D eigenvalue weighted by molar-refractivity contribution is -0.141. The number of aryl methyl sites for hydroxylation is 2. The van der Waals surface area contributed by atoms with Crippen molar-refractivity contribution in [1.82, 2.24) is 28.7 Å². The highest BCUT2D eigenvalue weighted by molar-refractivity contribution is 5.84. The largest absolute Gasteiger partial charge is 0.468 e. The number of carbonyl (C=O) groups excluding carboxylic acids is 1. The quantitative estimate of drug-likeness (QED) is 0.279. The van der Waals surface area contributed by atoms with Gasteiger partial charge in [-0.3, -0.25) is 23.3 Å². The summed E-state index contributed by atoms with van der Waals surface area (Å²) >= 11 is 0. The standard InChI is InChI=1S/C28H32N8O4/c1-5-6-13-34-24-25(32-27(34)33-12-8-10-19(29)14-33)35(16-22(37)40-4)28(39)36(26(24)38)15-21-30-18(3)23-17(2)9-7-11-20(23)31-21/h7,9,11,19H,8,10,12-16,29H2,1-4H3. The van der Waals surface area contributed by atoms with Gasteiger partial charge in [-0.05, 0) is 45.2 Å². The Bertz CT molecular complexity index is 1810. The van der Waals surface area contributed by atoms with Gasteiger partial charge in [0.2, 0.25) is 5.95 Å². The van der Waals surface area contributed by atoms with Gasteiger partial charge in [0.15, 0.2) is 11.2 Å². The van der Waals surface area contributed by atoms with Crippen molar-refractivity contribution in [3.8, 4) is 11.8 Å². The topological polar surface area (TPSA) is 143 Å².